The summed E-state index contributed by atoms with van der Waals surface area (Å²) >= 11 is 0. The summed E-state index contributed by atoms with van der Waals surface area (Å²) in [6.45, 7) is 9.19. The highest BCUT2D eigenvalue weighted by Gasteiger charge is 2.56. The molecule has 0 aliphatic carbocycles. The Morgan fingerprint density at radius 2 is 1.84 bits per heavy atom. The second kappa shape index (κ2) is 13.0. The molecule has 0 spiro atoms. The molecule has 6 atom stereocenters. The zero-order valence-electron chi connectivity index (χ0n) is 24.9. The molecule has 0 saturated carbocycles. The van der Waals surface area contributed by atoms with Gasteiger partial charge in [0.2, 0.25) is 0 Å². The Kier molecular flexibility index (Phi) is 9.77. The first kappa shape index (κ1) is 32.4. The fraction of sp³-hybridized carbons (Fsp3) is 0.500. The number of hydrogen-bond acceptors (Lipinski definition) is 12. The minimum atomic E-state index is -4.30. The van der Waals surface area contributed by atoms with Crippen LogP contribution in [-0.2, 0) is 32.9 Å². The van der Waals surface area contributed by atoms with Gasteiger partial charge in [-0.15, -0.1) is 0 Å². The van der Waals surface area contributed by atoms with E-state index in [1.54, 1.807) is 70.2 Å². The van der Waals surface area contributed by atoms with Crippen molar-refractivity contribution in [1.29, 1.82) is 0 Å². The maximum Gasteiger partial charge on any atom is 0.459 e. The molecule has 1 saturated heterocycles. The molecule has 1 aliphatic heterocycles. The first-order valence-electron chi connectivity index (χ1n) is 13.8. The van der Waals surface area contributed by atoms with E-state index >= 15 is 0 Å². The number of ether oxygens (including phenoxy) is 3. The molecule has 0 unspecified atom stereocenters. The van der Waals surface area contributed by atoms with Crippen molar-refractivity contribution in [1.82, 2.24) is 19.7 Å². The summed E-state index contributed by atoms with van der Waals surface area (Å²) in [5, 5.41) is 18.4. The zero-order valence-corrected chi connectivity index (χ0v) is 25.8. The molecule has 3 heterocycles. The van der Waals surface area contributed by atoms with Gasteiger partial charge in [-0.05, 0) is 52.0 Å². The molecule has 1 aliphatic rings. The summed E-state index contributed by atoms with van der Waals surface area (Å²) in [7, 11) is -4.30. The van der Waals surface area contributed by atoms with E-state index in [-0.39, 0.29) is 11.6 Å². The fourth-order valence-corrected chi connectivity index (χ4v) is 6.01. The van der Waals surface area contributed by atoms with E-state index < -0.39 is 68.3 Å². The number of anilines is 1. The number of nitrogens with zero attached hydrogens (tertiary/aromatic N) is 3. The largest absolute Gasteiger partial charge is 0.462 e. The van der Waals surface area contributed by atoms with Crippen LogP contribution in [0.15, 0.2) is 48.8 Å². The van der Waals surface area contributed by atoms with Crippen molar-refractivity contribution in [3.05, 3.63) is 54.5 Å². The molecule has 0 radical (unpaired) electrons. The lowest BCUT2D eigenvalue weighted by atomic mass is 9.96. The summed E-state index contributed by atoms with van der Waals surface area (Å²) in [5.41, 5.74) is 5.34. The van der Waals surface area contributed by atoms with Crippen molar-refractivity contribution in [2.45, 2.75) is 77.6 Å². The number of aromatic nitrogens is 3. The van der Waals surface area contributed by atoms with E-state index in [1.165, 1.54) is 24.7 Å². The quantitative estimate of drug-likeness (QED) is 0.198. The standard InChI is InChI=1S/C28H38N5O9P/c1-16(2)26(35)40-23-22(20-12-13-21-25(29)30-15-31-33(20)21)41-28(6,24(23)34)14-38-43(37,42-19-10-8-7-9-11-19)32-18(5)27(36)39-17(3)4/h7-13,15-18,22-24,34H,14H2,1-6H3,(H,32,37)(H2,29,30,31)/t18-,22-,23-,24-,28+,43-/m0/s1. The Bertz CT molecular complexity index is 1480. The van der Waals surface area contributed by atoms with Gasteiger partial charge >= 0.3 is 19.7 Å². The molecule has 234 valence electrons. The number of aliphatic hydroxyl groups is 1. The van der Waals surface area contributed by atoms with Crippen LogP contribution in [0, 0.1) is 5.92 Å². The van der Waals surface area contributed by atoms with E-state index in [2.05, 4.69) is 15.2 Å². The predicted octanol–water partition coefficient (Wildman–Crippen LogP) is 3.20. The number of benzene rings is 1. The van der Waals surface area contributed by atoms with Crippen molar-refractivity contribution < 1.29 is 42.5 Å². The fourth-order valence-electron chi connectivity index (χ4n) is 4.42. The number of rotatable bonds is 12. The topological polar surface area (TPSA) is 186 Å². The Hall–Kier alpha value is -3.55. The van der Waals surface area contributed by atoms with Gasteiger partial charge in [-0.1, -0.05) is 32.0 Å². The Morgan fingerprint density at radius 1 is 1.14 bits per heavy atom. The molecule has 4 rings (SSSR count). The van der Waals surface area contributed by atoms with Crippen molar-refractivity contribution in [2.75, 3.05) is 12.3 Å². The lowest BCUT2D eigenvalue weighted by molar-refractivity contribution is -0.159. The van der Waals surface area contributed by atoms with Gasteiger partial charge in [-0.25, -0.2) is 14.1 Å². The number of hydrogen-bond donors (Lipinski definition) is 3. The van der Waals surface area contributed by atoms with E-state index in [0.717, 1.165) is 0 Å². The molecule has 1 fully saturated rings. The number of para-hydroxylation sites is 1. The number of nitrogens with one attached hydrogen (secondary N) is 1. The summed E-state index contributed by atoms with van der Waals surface area (Å²) in [6.07, 6.45) is -2.80. The first-order chi connectivity index (χ1) is 20.2. The minimum Gasteiger partial charge on any atom is -0.462 e. The Balaban J connectivity index is 1.63. The van der Waals surface area contributed by atoms with E-state index in [9.17, 15) is 19.3 Å². The van der Waals surface area contributed by atoms with Gasteiger partial charge in [0, 0.05) is 0 Å². The number of aliphatic hydroxyl groups excluding tert-OH is 1. The SMILES string of the molecule is CC(C)OC(=O)[C@H](C)N[P@](=O)(OC[C@@]1(C)O[C@@H](c2ccc3c(N)ncnn23)[C@H](OC(=O)C(C)C)[C@@H]1O)Oc1ccccc1. The minimum absolute atomic E-state index is 0.208. The average Bonchev–Trinajstić information content (AvgIpc) is 3.48. The van der Waals surface area contributed by atoms with Crippen LogP contribution >= 0.6 is 7.75 Å². The summed E-state index contributed by atoms with van der Waals surface area (Å²) in [5.74, 6) is -1.29. The second-order valence-electron chi connectivity index (χ2n) is 11.1. The van der Waals surface area contributed by atoms with Crippen LogP contribution in [0.25, 0.3) is 5.52 Å². The third-order valence-corrected chi connectivity index (χ3v) is 8.33. The molecule has 4 N–H and O–H groups in total. The van der Waals surface area contributed by atoms with Gasteiger partial charge in [-0.3, -0.25) is 14.1 Å². The first-order valence-corrected chi connectivity index (χ1v) is 15.4. The lowest BCUT2D eigenvalue weighted by Crippen LogP contribution is -2.46. The van der Waals surface area contributed by atoms with Crippen molar-refractivity contribution in [2.24, 2.45) is 5.92 Å². The van der Waals surface area contributed by atoms with Crippen LogP contribution < -0.4 is 15.3 Å². The zero-order chi connectivity index (χ0) is 31.5. The van der Waals surface area contributed by atoms with Gasteiger partial charge in [0.25, 0.3) is 0 Å². The average molecular weight is 620 g/mol. The second-order valence-corrected chi connectivity index (χ2v) is 12.8. The number of carbonyl (C=O) groups excluding carboxylic acids is 2. The number of nitrogens with two attached hydrogens (primary N) is 1. The number of carbonyl (C=O) groups is 2. The molecule has 0 bridgehead atoms. The number of esters is 2. The lowest BCUT2D eigenvalue weighted by Gasteiger charge is -2.30. The van der Waals surface area contributed by atoms with Crippen molar-refractivity contribution >= 4 is 31.0 Å². The predicted molar refractivity (Wildman–Crippen MR) is 155 cm³/mol. The molecule has 1 aromatic carbocycles. The van der Waals surface area contributed by atoms with E-state index in [4.69, 9.17) is 29.0 Å². The smallest absolute Gasteiger partial charge is 0.459 e. The van der Waals surface area contributed by atoms with Crippen molar-refractivity contribution in [3.8, 4) is 5.75 Å². The molecular weight excluding hydrogens is 581 g/mol. The molecule has 14 nitrogen and oxygen atoms in total. The molecule has 3 aromatic rings. The highest BCUT2D eigenvalue weighted by atomic mass is 31.2. The number of fused-ring (bicyclic) bond motifs is 1. The molecule has 0 amide bonds. The van der Waals surface area contributed by atoms with E-state index in [0.29, 0.717) is 11.2 Å². The van der Waals surface area contributed by atoms with Gasteiger partial charge in [-0.2, -0.15) is 10.2 Å². The van der Waals surface area contributed by atoms with Crippen LogP contribution in [0.5, 0.6) is 5.75 Å². The Morgan fingerprint density at radius 3 is 2.49 bits per heavy atom. The van der Waals surface area contributed by atoms with Crippen molar-refractivity contribution in [3.63, 3.8) is 0 Å². The Labute approximate surface area is 249 Å². The molecule has 2 aromatic heterocycles. The summed E-state index contributed by atoms with van der Waals surface area (Å²) in [4.78, 5) is 29.2. The molecule has 15 heteroatoms. The third-order valence-electron chi connectivity index (χ3n) is 6.70. The van der Waals surface area contributed by atoms with E-state index in [1.807, 2.05) is 0 Å². The van der Waals surface area contributed by atoms with Crippen LogP contribution in [0.4, 0.5) is 5.82 Å². The van der Waals surface area contributed by atoms with Gasteiger partial charge < -0.3 is 29.6 Å². The third kappa shape index (κ3) is 7.34. The summed E-state index contributed by atoms with van der Waals surface area (Å²) < 4.78 is 44.3. The van der Waals surface area contributed by atoms with Gasteiger partial charge in [0.1, 0.15) is 41.4 Å². The van der Waals surface area contributed by atoms with Crippen LogP contribution in [0.1, 0.15) is 53.3 Å². The summed E-state index contributed by atoms with van der Waals surface area (Å²) in [6, 6.07) is 10.5. The maximum atomic E-state index is 14.0. The van der Waals surface area contributed by atoms with Gasteiger partial charge in [0.15, 0.2) is 11.9 Å². The highest BCUT2D eigenvalue weighted by Crippen LogP contribution is 2.49. The van der Waals surface area contributed by atoms with Crippen LogP contribution in [0.3, 0.4) is 0 Å². The van der Waals surface area contributed by atoms with Gasteiger partial charge in [0.05, 0.1) is 24.3 Å². The van der Waals surface area contributed by atoms with Crippen LogP contribution in [-0.4, -0.2) is 68.2 Å². The monoisotopic (exact) mass is 619 g/mol. The van der Waals surface area contributed by atoms with Crippen LogP contribution in [0.2, 0.25) is 0 Å². The molecule has 43 heavy (non-hydrogen) atoms. The highest BCUT2D eigenvalue weighted by molar-refractivity contribution is 7.52. The molecular formula is C28H38N5O9P. The number of nitrogen functional groups attached to an aromatic ring is 1. The maximum absolute atomic E-state index is 14.0. The normalized spacial score (nSPS) is 24.2.